The molecule has 0 aliphatic heterocycles. The van der Waals surface area contributed by atoms with Crippen LogP contribution in [0.15, 0.2) is 119 Å². The second-order valence-corrected chi connectivity index (χ2v) is 14.9. The van der Waals surface area contributed by atoms with Crippen LogP contribution in [0.2, 0.25) is 0 Å². The van der Waals surface area contributed by atoms with Crippen LogP contribution < -0.4 is 5.32 Å². The number of azo groups is 2. The number of carbonyl (C=O) groups is 1. The first-order chi connectivity index (χ1) is 24.8. The maximum absolute atomic E-state index is 11.9. The zero-order valence-electron chi connectivity index (χ0n) is 26.2. The van der Waals surface area contributed by atoms with Crippen LogP contribution in [0.3, 0.4) is 0 Å². The zero-order chi connectivity index (χ0) is 39.0. The second kappa shape index (κ2) is 18.4. The summed E-state index contributed by atoms with van der Waals surface area (Å²) >= 11 is 0.468. The zero-order valence-corrected chi connectivity index (χ0v) is 30.4. The summed E-state index contributed by atoms with van der Waals surface area (Å²) in [4.78, 5) is 9.61. The van der Waals surface area contributed by atoms with Gasteiger partial charge in [0.1, 0.15) is 16.5 Å². The van der Waals surface area contributed by atoms with E-state index in [9.17, 15) is 49.4 Å². The number of phenolic OH excluding ortho intramolecular Hbond substituents is 1. The molecule has 0 aliphatic carbocycles. The Morgan fingerprint density at radius 3 is 2.13 bits per heavy atom. The van der Waals surface area contributed by atoms with Gasteiger partial charge in [0, 0.05) is 21.7 Å². The van der Waals surface area contributed by atoms with E-state index in [1.807, 2.05) is 0 Å². The summed E-state index contributed by atoms with van der Waals surface area (Å²) in [6, 6.07) is 15.9. The number of amidine groups is 1. The number of aromatic hydroxyl groups is 1. The molecule has 54 heavy (non-hydrogen) atoms. The van der Waals surface area contributed by atoms with Crippen molar-refractivity contribution in [3.05, 3.63) is 95.4 Å². The van der Waals surface area contributed by atoms with Crippen LogP contribution in [0.5, 0.6) is 5.75 Å². The first kappa shape index (κ1) is 43.5. The van der Waals surface area contributed by atoms with Crippen molar-refractivity contribution in [2.24, 2.45) is 25.6 Å². The molecule has 0 aromatic heterocycles. The third kappa shape index (κ3) is 12.6. The second-order valence-electron chi connectivity index (χ2n) is 9.87. The molecule has 7 N–H and O–H groups in total. The van der Waals surface area contributed by atoms with E-state index in [0.29, 0.717) is 29.5 Å². The van der Waals surface area contributed by atoms with Gasteiger partial charge in [0.2, 0.25) is 0 Å². The van der Waals surface area contributed by atoms with E-state index in [1.165, 1.54) is 60.7 Å². The molecule has 0 fully saturated rings. The van der Waals surface area contributed by atoms with Crippen LogP contribution in [0.25, 0.3) is 5.43 Å². The third-order valence-electron chi connectivity index (χ3n) is 6.18. The third-order valence-corrected chi connectivity index (χ3v) is 8.96. The molecule has 0 radical (unpaired) electrons. The van der Waals surface area contributed by atoms with Crippen LogP contribution >= 0.6 is 12.0 Å². The van der Waals surface area contributed by atoms with Crippen LogP contribution in [0.1, 0.15) is 15.9 Å². The first-order valence-electron chi connectivity index (χ1n) is 13.7. The Hall–Kier alpha value is -4.90. The number of hydrogen-bond donors (Lipinski definition) is 7. The molecular formula is C27H22CuN7O15S4. The normalized spacial score (nSPS) is 12.5. The van der Waals surface area contributed by atoms with Gasteiger partial charge >= 0.3 is 23.0 Å². The molecular weight excluding hydrogens is 854 g/mol. The number of carboxylic acid groups (broad SMARTS) is 1. The molecule has 0 spiro atoms. The van der Waals surface area contributed by atoms with Crippen LogP contribution in [-0.2, 0) is 56.8 Å². The van der Waals surface area contributed by atoms with E-state index in [-0.39, 0.29) is 50.5 Å². The number of benzene rings is 4. The van der Waals surface area contributed by atoms with Crippen LogP contribution in [0.4, 0.5) is 28.4 Å². The van der Waals surface area contributed by atoms with Gasteiger partial charge in [0.15, 0.2) is 11.6 Å². The maximum atomic E-state index is 11.9. The summed E-state index contributed by atoms with van der Waals surface area (Å²) in [5.74, 6) is -3.93. The molecule has 22 nitrogen and oxygen atoms in total. The molecule has 0 heterocycles. The molecule has 27 heteroatoms. The largest absolute Gasteiger partial charge is 1.00 e. The predicted molar refractivity (Wildman–Crippen MR) is 183 cm³/mol. The molecule has 4 aromatic carbocycles. The van der Waals surface area contributed by atoms with E-state index in [1.54, 1.807) is 0 Å². The quantitative estimate of drug-likeness (QED) is 0.0108. The smallest absolute Gasteiger partial charge is 0.573 e. The van der Waals surface area contributed by atoms with Gasteiger partial charge in [0.25, 0.3) is 30.4 Å². The molecule has 0 bridgehead atoms. The van der Waals surface area contributed by atoms with Crippen molar-refractivity contribution in [2.75, 3.05) is 11.2 Å². The van der Waals surface area contributed by atoms with Crippen molar-refractivity contribution in [3.8, 4) is 5.75 Å². The first-order valence-corrected chi connectivity index (χ1v) is 18.9. The fourth-order valence-corrected chi connectivity index (χ4v) is 5.82. The number of rotatable bonds is 15. The molecule has 4 aromatic rings. The van der Waals surface area contributed by atoms with Gasteiger partial charge in [-0.15, -0.1) is 20.2 Å². The summed E-state index contributed by atoms with van der Waals surface area (Å²) in [5.41, 5.74) is 3.17. The molecule has 4 rings (SSSR count). The molecule has 0 unspecified atom stereocenters. The molecule has 0 saturated heterocycles. The van der Waals surface area contributed by atoms with E-state index < -0.39 is 69.3 Å². The fraction of sp³-hybridized carbons (Fsp3) is 0.0370. The van der Waals surface area contributed by atoms with Gasteiger partial charge in [-0.1, -0.05) is 23.2 Å². The topological polar surface area (TPSA) is 347 Å². The van der Waals surface area contributed by atoms with Crippen molar-refractivity contribution in [1.82, 2.24) is 0 Å². The Morgan fingerprint density at radius 1 is 0.833 bits per heavy atom. The molecule has 290 valence electrons. The van der Waals surface area contributed by atoms with Gasteiger partial charge in [-0.25, -0.2) is 10.1 Å². The van der Waals surface area contributed by atoms with Crippen LogP contribution in [-0.4, -0.2) is 72.1 Å². The maximum Gasteiger partial charge on any atom is 1.00 e. The van der Waals surface area contributed by atoms with Crippen molar-refractivity contribution >= 4 is 82.6 Å². The number of carboxylic acids is 1. The Labute approximate surface area is 319 Å². The number of aromatic carboxylic acids is 1. The summed E-state index contributed by atoms with van der Waals surface area (Å²) in [6.07, 6.45) is 0. The number of anilines is 1. The Morgan fingerprint density at radius 2 is 1.52 bits per heavy atom. The fourth-order valence-electron chi connectivity index (χ4n) is 3.85. The Bertz CT molecular complexity index is 2450. The Balaban J connectivity index is 0.00000784. The summed E-state index contributed by atoms with van der Waals surface area (Å²) in [7, 11) is -14.7. The molecule has 0 atom stereocenters. The van der Waals surface area contributed by atoms with Crippen molar-refractivity contribution in [2.45, 2.75) is 14.7 Å². The summed E-state index contributed by atoms with van der Waals surface area (Å²) < 4.78 is 101. The number of phenols is 1. The van der Waals surface area contributed by atoms with Gasteiger partial charge in [0.05, 0.1) is 28.3 Å². The van der Waals surface area contributed by atoms with Gasteiger partial charge in [-0.05, 0) is 60.7 Å². The standard InChI is InChI=1S/C27H23N7O15S4.Cu/c35-25-23(12-20(52(42,43)44)13-24(25)53(45,46)47)32-34-26(33-31-22-11-19(50-49-48-38)8-9-21(22)27(36)37)15-2-1-3-18(10-15)30-29-17-6-4-16(5-7-17)28-14-51(39,40)41;/h1-13H,14H2,(H8,28,29,30,31,32,33,34,35,36,37,38,39,40,41,42,43,44,45,46,47);/q;+1/p-1. The predicted octanol–water partition coefficient (Wildman–Crippen LogP) is 5.83. The Kier molecular flexibility index (Phi) is 14.8. The van der Waals surface area contributed by atoms with Crippen molar-refractivity contribution in [3.63, 3.8) is 0 Å². The minimum atomic E-state index is -5.27. The average molecular weight is 876 g/mol. The summed E-state index contributed by atoms with van der Waals surface area (Å²) in [5, 5.41) is 54.2. The van der Waals surface area contributed by atoms with Crippen molar-refractivity contribution < 1.29 is 85.6 Å². The molecule has 0 saturated carbocycles. The summed E-state index contributed by atoms with van der Waals surface area (Å²) in [6.45, 7) is 0. The average Bonchev–Trinajstić information content (AvgIpc) is 3.08. The minimum Gasteiger partial charge on any atom is -0.573 e. The SMILES string of the molecule is O=C(O)c1ccc(SOOO)cc1[N-]/N=C(\N=Nc1cc(S(=O)(=O)O)cc(S(=O)(=O)O)c1O)c1cccc(N=Nc2ccc(NCS(=O)(=O)O)cc2)c1.[Cu+]. The number of nitrogens with zero attached hydrogens (tertiary/aromatic N) is 6. The van der Waals surface area contributed by atoms with Gasteiger partial charge in [-0.2, -0.15) is 35.5 Å². The number of nitrogens with one attached hydrogen (secondary N) is 1. The van der Waals surface area contributed by atoms with E-state index in [0.717, 1.165) is 6.07 Å². The van der Waals surface area contributed by atoms with Gasteiger partial charge < -0.3 is 26.1 Å². The molecule has 0 aliphatic rings. The van der Waals surface area contributed by atoms with E-state index >= 15 is 0 Å². The minimum absolute atomic E-state index is 0. The van der Waals surface area contributed by atoms with Crippen LogP contribution in [0, 0.1) is 0 Å². The van der Waals surface area contributed by atoms with Crippen molar-refractivity contribution in [1.29, 1.82) is 0 Å². The molecule has 0 amide bonds. The van der Waals surface area contributed by atoms with E-state index in [2.05, 4.69) is 45.7 Å². The monoisotopic (exact) mass is 875 g/mol. The van der Waals surface area contributed by atoms with Gasteiger partial charge in [-0.3, -0.25) is 13.7 Å². The van der Waals surface area contributed by atoms with E-state index in [4.69, 9.17) is 9.81 Å². The number of hydrogen-bond acceptors (Lipinski definition) is 17.